The van der Waals surface area contributed by atoms with E-state index in [4.69, 9.17) is 4.74 Å². The number of benzene rings is 2. The van der Waals surface area contributed by atoms with Crippen LogP contribution in [0.5, 0.6) is 5.75 Å². The molecule has 2 aromatic carbocycles. The number of rotatable bonds is 6. The number of methoxy groups -OCH3 is 1. The highest BCUT2D eigenvalue weighted by molar-refractivity contribution is 5.89. The minimum atomic E-state index is -0.593. The number of nitrogens with one attached hydrogen (secondary N) is 2. The zero-order valence-corrected chi connectivity index (χ0v) is 16.4. The number of carbonyl (C=O) groups excluding carboxylic acids is 1. The van der Waals surface area contributed by atoms with Crippen LogP contribution >= 0.6 is 0 Å². The van der Waals surface area contributed by atoms with Gasteiger partial charge in [0.25, 0.3) is 0 Å². The summed E-state index contributed by atoms with van der Waals surface area (Å²) in [5, 5.41) is 6.34. The van der Waals surface area contributed by atoms with Crippen LogP contribution in [-0.4, -0.2) is 43.6 Å². The van der Waals surface area contributed by atoms with Crippen LogP contribution in [0.2, 0.25) is 0 Å². The molecular weight excluding hydrogens is 338 g/mol. The molecule has 1 amide bonds. The van der Waals surface area contributed by atoms with E-state index in [9.17, 15) is 4.79 Å². The van der Waals surface area contributed by atoms with Crippen LogP contribution in [-0.2, 0) is 11.3 Å². The maximum atomic E-state index is 12.7. The second-order valence-electron chi connectivity index (χ2n) is 7.28. The third-order valence-electron chi connectivity index (χ3n) is 5.31. The summed E-state index contributed by atoms with van der Waals surface area (Å²) in [7, 11) is 3.36. The zero-order chi connectivity index (χ0) is 19.3. The van der Waals surface area contributed by atoms with Crippen molar-refractivity contribution in [2.75, 3.05) is 32.6 Å². The van der Waals surface area contributed by atoms with Crippen LogP contribution in [0.4, 0.5) is 5.69 Å². The highest BCUT2D eigenvalue weighted by atomic mass is 16.5. The summed E-state index contributed by atoms with van der Waals surface area (Å²) in [5.41, 5.74) is 2.92. The molecule has 0 bridgehead atoms. The Morgan fingerprint density at radius 2 is 1.89 bits per heavy atom. The highest BCUT2D eigenvalue weighted by Crippen LogP contribution is 2.29. The summed E-state index contributed by atoms with van der Waals surface area (Å²) >= 11 is 0. The third kappa shape index (κ3) is 4.61. The number of carbonyl (C=O) groups is 1. The van der Waals surface area contributed by atoms with E-state index >= 15 is 0 Å². The van der Waals surface area contributed by atoms with Crippen molar-refractivity contribution in [3.8, 4) is 5.75 Å². The zero-order valence-electron chi connectivity index (χ0n) is 16.4. The van der Waals surface area contributed by atoms with Crippen molar-refractivity contribution in [3.05, 3.63) is 59.7 Å². The Hall–Kier alpha value is -2.53. The number of anilines is 1. The lowest BCUT2D eigenvalue weighted by Crippen LogP contribution is -2.57. The van der Waals surface area contributed by atoms with Crippen molar-refractivity contribution >= 4 is 11.6 Å². The Morgan fingerprint density at radius 3 is 2.56 bits per heavy atom. The van der Waals surface area contributed by atoms with E-state index in [1.165, 1.54) is 11.1 Å². The first kappa shape index (κ1) is 19.2. The molecule has 1 heterocycles. The maximum absolute atomic E-state index is 12.7. The van der Waals surface area contributed by atoms with Crippen molar-refractivity contribution in [3.63, 3.8) is 0 Å². The fraction of sp³-hybridized carbons (Fsp3) is 0.409. The largest absolute Gasteiger partial charge is 0.497 e. The molecule has 1 aliphatic rings. The van der Waals surface area contributed by atoms with Gasteiger partial charge in [-0.15, -0.1) is 0 Å². The number of piperidine rings is 1. The van der Waals surface area contributed by atoms with Crippen LogP contribution in [0.25, 0.3) is 0 Å². The van der Waals surface area contributed by atoms with Crippen LogP contribution in [0.1, 0.15) is 24.0 Å². The number of aryl methyl sites for hydroxylation is 1. The van der Waals surface area contributed by atoms with E-state index < -0.39 is 5.54 Å². The van der Waals surface area contributed by atoms with E-state index in [1.807, 2.05) is 24.3 Å². The molecule has 0 unspecified atom stereocenters. The molecule has 2 N–H and O–H groups in total. The van der Waals surface area contributed by atoms with Gasteiger partial charge in [0.05, 0.1) is 7.11 Å². The second-order valence-corrected chi connectivity index (χ2v) is 7.28. The molecule has 5 heteroatoms. The summed E-state index contributed by atoms with van der Waals surface area (Å²) < 4.78 is 5.31. The summed E-state index contributed by atoms with van der Waals surface area (Å²) in [5.74, 6) is 0.824. The Kier molecular flexibility index (Phi) is 6.01. The van der Waals surface area contributed by atoms with Gasteiger partial charge in [-0.2, -0.15) is 0 Å². The fourth-order valence-electron chi connectivity index (χ4n) is 3.79. The van der Waals surface area contributed by atoms with Gasteiger partial charge in [-0.3, -0.25) is 9.69 Å². The van der Waals surface area contributed by atoms with Crippen LogP contribution in [0.15, 0.2) is 48.5 Å². The van der Waals surface area contributed by atoms with Crippen molar-refractivity contribution in [1.29, 1.82) is 0 Å². The molecule has 0 aromatic heterocycles. The molecule has 0 atom stereocenters. The quantitative estimate of drug-likeness (QED) is 0.823. The number of likely N-dealkylation sites (tertiary alicyclic amines) is 1. The predicted octanol–water partition coefficient (Wildman–Crippen LogP) is 3.20. The van der Waals surface area contributed by atoms with E-state index in [1.54, 1.807) is 14.2 Å². The molecule has 144 valence electrons. The second kappa shape index (κ2) is 8.44. The molecule has 1 aliphatic heterocycles. The molecule has 27 heavy (non-hydrogen) atoms. The average Bonchev–Trinajstić information content (AvgIpc) is 2.69. The predicted molar refractivity (Wildman–Crippen MR) is 109 cm³/mol. The minimum Gasteiger partial charge on any atom is -0.497 e. The molecule has 0 saturated carbocycles. The van der Waals surface area contributed by atoms with Gasteiger partial charge in [0.1, 0.15) is 11.3 Å². The normalized spacial score (nSPS) is 16.6. The van der Waals surface area contributed by atoms with Gasteiger partial charge in [0, 0.05) is 38.4 Å². The molecule has 0 radical (unpaired) electrons. The lowest BCUT2D eigenvalue weighted by atomic mass is 9.85. The summed E-state index contributed by atoms with van der Waals surface area (Å²) in [4.78, 5) is 15.2. The molecular formula is C22H29N3O2. The number of ether oxygens (including phenoxy) is 1. The Bertz CT molecular complexity index is 783. The SMILES string of the molecule is CNC(=O)C1(Nc2cccc(OC)c2)CCN(Cc2cccc(C)c2)CC1. The van der Waals surface area contributed by atoms with E-state index in [0.717, 1.165) is 43.9 Å². The molecule has 0 spiro atoms. The smallest absolute Gasteiger partial charge is 0.245 e. The van der Waals surface area contributed by atoms with E-state index in [2.05, 4.69) is 46.7 Å². The first-order valence-electron chi connectivity index (χ1n) is 9.47. The van der Waals surface area contributed by atoms with Gasteiger partial charge in [0.2, 0.25) is 5.91 Å². The number of nitrogens with zero attached hydrogens (tertiary/aromatic N) is 1. The Labute approximate surface area is 161 Å². The summed E-state index contributed by atoms with van der Waals surface area (Å²) in [6.45, 7) is 4.79. The fourth-order valence-corrected chi connectivity index (χ4v) is 3.79. The van der Waals surface area contributed by atoms with Gasteiger partial charge in [-0.1, -0.05) is 35.9 Å². The number of likely N-dealkylation sites (N-methyl/N-ethyl adjacent to an activating group) is 1. The van der Waals surface area contributed by atoms with Gasteiger partial charge in [0.15, 0.2) is 0 Å². The minimum absolute atomic E-state index is 0.0422. The van der Waals surface area contributed by atoms with E-state index in [0.29, 0.717) is 0 Å². The van der Waals surface area contributed by atoms with Crippen molar-refractivity contribution in [1.82, 2.24) is 10.2 Å². The van der Waals surface area contributed by atoms with Gasteiger partial charge in [-0.05, 0) is 37.5 Å². The number of hydrogen-bond acceptors (Lipinski definition) is 4. The first-order valence-corrected chi connectivity index (χ1v) is 9.47. The monoisotopic (exact) mass is 367 g/mol. The first-order chi connectivity index (χ1) is 13.0. The molecule has 5 nitrogen and oxygen atoms in total. The molecule has 1 fully saturated rings. The molecule has 3 rings (SSSR count). The van der Waals surface area contributed by atoms with Crippen LogP contribution in [0, 0.1) is 6.92 Å². The van der Waals surface area contributed by atoms with Gasteiger partial charge in [-0.25, -0.2) is 0 Å². The summed E-state index contributed by atoms with van der Waals surface area (Å²) in [6.07, 6.45) is 1.52. The lowest BCUT2D eigenvalue weighted by Gasteiger charge is -2.41. The summed E-state index contributed by atoms with van der Waals surface area (Å²) in [6, 6.07) is 16.4. The Balaban J connectivity index is 1.70. The van der Waals surface area contributed by atoms with E-state index in [-0.39, 0.29) is 5.91 Å². The van der Waals surface area contributed by atoms with Gasteiger partial charge < -0.3 is 15.4 Å². The third-order valence-corrected chi connectivity index (χ3v) is 5.31. The molecule has 1 saturated heterocycles. The van der Waals surface area contributed by atoms with Crippen LogP contribution < -0.4 is 15.4 Å². The standard InChI is InChI=1S/C22H29N3O2/c1-17-6-4-7-18(14-17)16-25-12-10-22(11-13-25,21(26)23-2)24-19-8-5-9-20(15-19)27-3/h4-9,14-15,24H,10-13,16H2,1-3H3,(H,23,26). The number of hydrogen-bond donors (Lipinski definition) is 2. The molecule has 0 aliphatic carbocycles. The van der Waals surface area contributed by atoms with Crippen molar-refractivity contribution in [2.45, 2.75) is 31.8 Å². The lowest BCUT2D eigenvalue weighted by molar-refractivity contribution is -0.126. The number of amides is 1. The maximum Gasteiger partial charge on any atom is 0.245 e. The van der Waals surface area contributed by atoms with Crippen molar-refractivity contribution in [2.24, 2.45) is 0 Å². The highest BCUT2D eigenvalue weighted by Gasteiger charge is 2.40. The van der Waals surface area contributed by atoms with Crippen LogP contribution in [0.3, 0.4) is 0 Å². The topological polar surface area (TPSA) is 53.6 Å². The average molecular weight is 367 g/mol. The van der Waals surface area contributed by atoms with Gasteiger partial charge >= 0.3 is 0 Å². The Morgan fingerprint density at radius 1 is 1.15 bits per heavy atom. The van der Waals surface area contributed by atoms with Crippen molar-refractivity contribution < 1.29 is 9.53 Å². The molecule has 2 aromatic rings.